The highest BCUT2D eigenvalue weighted by molar-refractivity contribution is 4.81. The molecule has 0 radical (unpaired) electrons. The van der Waals surface area contributed by atoms with Gasteiger partial charge in [0.25, 0.3) is 0 Å². The monoisotopic (exact) mass is 139 g/mol. The minimum Gasteiger partial charge on any atom is -0.311 e. The molecule has 0 aliphatic rings. The summed E-state index contributed by atoms with van der Waals surface area (Å²) in [7, 11) is 0. The molecule has 10 heavy (non-hydrogen) atoms. The highest BCUT2D eigenvalue weighted by Crippen LogP contribution is 1.88. The van der Waals surface area contributed by atoms with E-state index >= 15 is 0 Å². The van der Waals surface area contributed by atoms with Crippen molar-refractivity contribution in [2.45, 2.75) is 25.8 Å². The van der Waals surface area contributed by atoms with Crippen LogP contribution in [-0.2, 0) is 0 Å². The number of unbranched alkanes of at least 4 members (excludes halogenated alkanes) is 1. The normalized spacial score (nSPS) is 12.5. The molecule has 0 aromatic heterocycles. The highest BCUT2D eigenvalue weighted by atomic mass is 14.9. The Hall–Kier alpha value is -0.560. The van der Waals surface area contributed by atoms with Crippen molar-refractivity contribution in [1.82, 2.24) is 5.32 Å². The zero-order chi connectivity index (χ0) is 7.82. The van der Waals surface area contributed by atoms with E-state index < -0.39 is 0 Å². The predicted octanol–water partition coefficient (Wildman–Crippen LogP) is 2.12. The average Bonchev–Trinajstić information content (AvgIpc) is 1.98. The topological polar surface area (TPSA) is 12.0 Å². The molecular weight excluding hydrogens is 122 g/mol. The number of nitrogens with one attached hydrogen (secondary N) is 1. The Bertz CT molecular complexity index is 96.9. The van der Waals surface area contributed by atoms with Gasteiger partial charge in [-0.15, -0.1) is 13.2 Å². The minimum absolute atomic E-state index is 0.435. The molecule has 0 aromatic carbocycles. The van der Waals surface area contributed by atoms with Gasteiger partial charge < -0.3 is 5.32 Å². The Kier molecular flexibility index (Phi) is 6.19. The molecule has 0 saturated heterocycles. The Balaban J connectivity index is 3.02. The SMILES string of the molecule is C=CCCCNC(C)C=C. The molecule has 0 saturated carbocycles. The number of rotatable bonds is 6. The molecule has 1 nitrogen and oxygen atoms in total. The maximum Gasteiger partial charge on any atom is 0.0219 e. The summed E-state index contributed by atoms with van der Waals surface area (Å²) in [5, 5.41) is 3.30. The average molecular weight is 139 g/mol. The van der Waals surface area contributed by atoms with Gasteiger partial charge in [0.05, 0.1) is 0 Å². The summed E-state index contributed by atoms with van der Waals surface area (Å²) >= 11 is 0. The lowest BCUT2D eigenvalue weighted by Crippen LogP contribution is -2.24. The molecule has 0 heterocycles. The molecule has 0 aromatic rings. The third-order valence-corrected chi connectivity index (χ3v) is 1.40. The zero-order valence-corrected chi connectivity index (χ0v) is 6.77. The Morgan fingerprint density at radius 1 is 1.50 bits per heavy atom. The second-order valence-electron chi connectivity index (χ2n) is 2.41. The van der Waals surface area contributed by atoms with Crippen LogP contribution < -0.4 is 5.32 Å². The van der Waals surface area contributed by atoms with Gasteiger partial charge in [-0.25, -0.2) is 0 Å². The summed E-state index contributed by atoms with van der Waals surface area (Å²) in [5.74, 6) is 0. The van der Waals surface area contributed by atoms with Gasteiger partial charge in [0.2, 0.25) is 0 Å². The first-order valence-electron chi connectivity index (χ1n) is 3.78. The molecule has 0 rings (SSSR count). The van der Waals surface area contributed by atoms with Crippen LogP contribution in [0.2, 0.25) is 0 Å². The van der Waals surface area contributed by atoms with Crippen LogP contribution in [0.1, 0.15) is 19.8 Å². The van der Waals surface area contributed by atoms with E-state index in [1.54, 1.807) is 0 Å². The van der Waals surface area contributed by atoms with Crippen molar-refractivity contribution in [3.8, 4) is 0 Å². The second-order valence-corrected chi connectivity index (χ2v) is 2.41. The Labute approximate surface area is 63.8 Å². The van der Waals surface area contributed by atoms with Gasteiger partial charge in [-0.3, -0.25) is 0 Å². The molecule has 0 amide bonds. The van der Waals surface area contributed by atoms with Crippen molar-refractivity contribution in [3.63, 3.8) is 0 Å². The summed E-state index contributed by atoms with van der Waals surface area (Å²) in [6, 6.07) is 0.435. The largest absolute Gasteiger partial charge is 0.311 e. The van der Waals surface area contributed by atoms with Gasteiger partial charge in [0.1, 0.15) is 0 Å². The standard InChI is InChI=1S/C9H17N/c1-4-6-7-8-10-9(3)5-2/h4-5,9-10H,1-2,6-8H2,3H3. The molecule has 0 fully saturated rings. The summed E-state index contributed by atoms with van der Waals surface area (Å²) in [6.07, 6.45) is 6.12. The molecule has 58 valence electrons. The third kappa shape index (κ3) is 5.57. The Morgan fingerprint density at radius 3 is 2.70 bits per heavy atom. The van der Waals surface area contributed by atoms with Gasteiger partial charge in [-0.1, -0.05) is 12.2 Å². The van der Waals surface area contributed by atoms with E-state index in [1.165, 1.54) is 6.42 Å². The van der Waals surface area contributed by atoms with Crippen LogP contribution in [0, 0.1) is 0 Å². The van der Waals surface area contributed by atoms with Crippen LogP contribution in [0.5, 0.6) is 0 Å². The first kappa shape index (κ1) is 9.44. The number of allylic oxidation sites excluding steroid dienone is 1. The van der Waals surface area contributed by atoms with E-state index in [0.29, 0.717) is 6.04 Å². The minimum atomic E-state index is 0.435. The van der Waals surface area contributed by atoms with Crippen molar-refractivity contribution < 1.29 is 0 Å². The molecule has 1 unspecified atom stereocenters. The molecular formula is C9H17N. The summed E-state index contributed by atoms with van der Waals surface area (Å²) in [4.78, 5) is 0. The van der Waals surface area contributed by atoms with Crippen LogP contribution in [0.25, 0.3) is 0 Å². The summed E-state index contributed by atoms with van der Waals surface area (Å²) in [5.41, 5.74) is 0. The Morgan fingerprint density at radius 2 is 2.20 bits per heavy atom. The molecule has 1 N–H and O–H groups in total. The zero-order valence-electron chi connectivity index (χ0n) is 6.77. The predicted molar refractivity (Wildman–Crippen MR) is 47.1 cm³/mol. The third-order valence-electron chi connectivity index (χ3n) is 1.40. The molecule has 0 spiro atoms. The van der Waals surface area contributed by atoms with Crippen LogP contribution in [-0.4, -0.2) is 12.6 Å². The lowest BCUT2D eigenvalue weighted by Gasteiger charge is -2.06. The number of hydrogen-bond donors (Lipinski definition) is 1. The van der Waals surface area contributed by atoms with Gasteiger partial charge in [0.15, 0.2) is 0 Å². The summed E-state index contributed by atoms with van der Waals surface area (Å²) in [6.45, 7) is 10.5. The second kappa shape index (κ2) is 6.56. The quantitative estimate of drug-likeness (QED) is 0.439. The van der Waals surface area contributed by atoms with Gasteiger partial charge >= 0.3 is 0 Å². The van der Waals surface area contributed by atoms with Crippen molar-refractivity contribution in [1.29, 1.82) is 0 Å². The van der Waals surface area contributed by atoms with E-state index in [4.69, 9.17) is 0 Å². The van der Waals surface area contributed by atoms with E-state index in [1.807, 2.05) is 12.2 Å². The maximum absolute atomic E-state index is 3.68. The van der Waals surface area contributed by atoms with Crippen LogP contribution >= 0.6 is 0 Å². The van der Waals surface area contributed by atoms with E-state index in [9.17, 15) is 0 Å². The van der Waals surface area contributed by atoms with E-state index in [0.717, 1.165) is 13.0 Å². The smallest absolute Gasteiger partial charge is 0.0219 e. The van der Waals surface area contributed by atoms with Crippen molar-refractivity contribution in [2.24, 2.45) is 0 Å². The van der Waals surface area contributed by atoms with Crippen molar-refractivity contribution in [3.05, 3.63) is 25.3 Å². The maximum atomic E-state index is 3.68. The molecule has 0 aliphatic carbocycles. The molecule has 1 heteroatoms. The molecule has 0 aliphatic heterocycles. The van der Waals surface area contributed by atoms with Crippen LogP contribution in [0.15, 0.2) is 25.3 Å². The lowest BCUT2D eigenvalue weighted by atomic mass is 10.3. The van der Waals surface area contributed by atoms with Crippen LogP contribution in [0.4, 0.5) is 0 Å². The fraction of sp³-hybridized carbons (Fsp3) is 0.556. The molecule has 0 bridgehead atoms. The molecule has 1 atom stereocenters. The van der Waals surface area contributed by atoms with Crippen molar-refractivity contribution >= 4 is 0 Å². The van der Waals surface area contributed by atoms with Gasteiger partial charge in [-0.2, -0.15) is 0 Å². The fourth-order valence-electron chi connectivity index (χ4n) is 0.659. The van der Waals surface area contributed by atoms with E-state index in [-0.39, 0.29) is 0 Å². The van der Waals surface area contributed by atoms with Gasteiger partial charge in [-0.05, 0) is 26.3 Å². The lowest BCUT2D eigenvalue weighted by molar-refractivity contribution is 0.611. The fourth-order valence-corrected chi connectivity index (χ4v) is 0.659. The first-order chi connectivity index (χ1) is 4.81. The van der Waals surface area contributed by atoms with Crippen LogP contribution in [0.3, 0.4) is 0 Å². The number of hydrogen-bond acceptors (Lipinski definition) is 1. The highest BCUT2D eigenvalue weighted by Gasteiger charge is 1.90. The van der Waals surface area contributed by atoms with Crippen molar-refractivity contribution in [2.75, 3.05) is 6.54 Å². The van der Waals surface area contributed by atoms with Gasteiger partial charge in [0, 0.05) is 6.04 Å². The first-order valence-corrected chi connectivity index (χ1v) is 3.78. The van der Waals surface area contributed by atoms with E-state index in [2.05, 4.69) is 25.4 Å². The summed E-state index contributed by atoms with van der Waals surface area (Å²) < 4.78 is 0.